The van der Waals surface area contributed by atoms with Gasteiger partial charge in [0.15, 0.2) is 0 Å². The molecule has 0 bridgehead atoms. The van der Waals surface area contributed by atoms with Crippen LogP contribution in [0.2, 0.25) is 0 Å². The van der Waals surface area contributed by atoms with Crippen LogP contribution in [0.3, 0.4) is 0 Å². The number of esters is 1. The lowest BCUT2D eigenvalue weighted by atomic mass is 10.0. The van der Waals surface area contributed by atoms with Crippen LogP contribution in [-0.2, 0) is 9.53 Å². The van der Waals surface area contributed by atoms with E-state index in [2.05, 4.69) is 11.8 Å². The van der Waals surface area contributed by atoms with Gasteiger partial charge in [-0.1, -0.05) is 6.92 Å². The second kappa shape index (κ2) is 4.75. The van der Waals surface area contributed by atoms with E-state index in [9.17, 15) is 4.79 Å². The Hall–Kier alpha value is -0.610. The summed E-state index contributed by atoms with van der Waals surface area (Å²) in [6, 6.07) is 0.485. The van der Waals surface area contributed by atoms with Crippen LogP contribution >= 0.6 is 0 Å². The van der Waals surface area contributed by atoms with Gasteiger partial charge >= 0.3 is 5.97 Å². The number of likely N-dealkylation sites (tertiary alicyclic amines) is 1. The number of nitrogens with zero attached hydrogens (tertiary/aromatic N) is 1. The number of rotatable bonds is 3. The minimum atomic E-state index is -0.141. The summed E-state index contributed by atoms with van der Waals surface area (Å²) in [4.78, 5) is 13.6. The minimum absolute atomic E-state index is 0.0784. The smallest absolute Gasteiger partial charge is 0.309 e. The van der Waals surface area contributed by atoms with Crippen molar-refractivity contribution in [3.8, 4) is 0 Å². The summed E-state index contributed by atoms with van der Waals surface area (Å²) in [7, 11) is 1.43. The van der Waals surface area contributed by atoms with E-state index in [4.69, 9.17) is 10.5 Å². The van der Waals surface area contributed by atoms with Gasteiger partial charge in [0.25, 0.3) is 0 Å². The number of methoxy groups -OCH3 is 1. The Bertz CT molecular complexity index is 208. The highest BCUT2D eigenvalue weighted by molar-refractivity contribution is 5.72. The molecule has 0 aromatic carbocycles. The highest BCUT2D eigenvalue weighted by Gasteiger charge is 2.30. The van der Waals surface area contributed by atoms with Crippen molar-refractivity contribution in [2.45, 2.75) is 32.4 Å². The first-order valence-corrected chi connectivity index (χ1v) is 5.13. The van der Waals surface area contributed by atoms with E-state index >= 15 is 0 Å². The summed E-state index contributed by atoms with van der Waals surface area (Å²) in [6.45, 7) is 5.84. The molecular formula is C10H20N2O2. The average molecular weight is 200 g/mol. The van der Waals surface area contributed by atoms with E-state index in [1.165, 1.54) is 7.11 Å². The lowest BCUT2D eigenvalue weighted by molar-refractivity contribution is -0.146. The molecular weight excluding hydrogens is 180 g/mol. The van der Waals surface area contributed by atoms with Gasteiger partial charge in [-0.2, -0.15) is 0 Å². The van der Waals surface area contributed by atoms with Crippen molar-refractivity contribution in [3.63, 3.8) is 0 Å². The molecule has 1 aliphatic rings. The summed E-state index contributed by atoms with van der Waals surface area (Å²) >= 11 is 0. The standard InChI is InChI=1S/C10H20N2O2/c1-7(10(13)14-3)8(2)12-5-4-9(11)6-12/h7-9H,4-6,11H2,1-3H3/t7?,8?,9-/m1/s1. The molecule has 3 atom stereocenters. The van der Waals surface area contributed by atoms with Gasteiger partial charge in [-0.05, 0) is 13.3 Å². The van der Waals surface area contributed by atoms with Gasteiger partial charge in [0.05, 0.1) is 13.0 Å². The van der Waals surface area contributed by atoms with Crippen molar-refractivity contribution < 1.29 is 9.53 Å². The van der Waals surface area contributed by atoms with E-state index in [1.807, 2.05) is 6.92 Å². The zero-order chi connectivity index (χ0) is 10.7. The maximum atomic E-state index is 11.3. The Morgan fingerprint density at radius 3 is 2.64 bits per heavy atom. The first-order valence-electron chi connectivity index (χ1n) is 5.13. The fourth-order valence-corrected chi connectivity index (χ4v) is 1.88. The molecule has 82 valence electrons. The largest absolute Gasteiger partial charge is 0.469 e. The number of hydrogen-bond donors (Lipinski definition) is 1. The summed E-state index contributed by atoms with van der Waals surface area (Å²) in [6.07, 6.45) is 1.03. The molecule has 1 heterocycles. The third-order valence-electron chi connectivity index (χ3n) is 3.13. The van der Waals surface area contributed by atoms with Crippen molar-refractivity contribution in [2.24, 2.45) is 11.7 Å². The molecule has 0 aromatic heterocycles. The molecule has 1 rings (SSSR count). The van der Waals surface area contributed by atoms with Crippen molar-refractivity contribution >= 4 is 5.97 Å². The molecule has 2 N–H and O–H groups in total. The van der Waals surface area contributed by atoms with Crippen LogP contribution in [-0.4, -0.2) is 43.2 Å². The van der Waals surface area contributed by atoms with E-state index in [-0.39, 0.29) is 24.0 Å². The number of hydrogen-bond acceptors (Lipinski definition) is 4. The molecule has 0 aromatic rings. The lowest BCUT2D eigenvalue weighted by Crippen LogP contribution is -2.40. The lowest BCUT2D eigenvalue weighted by Gasteiger charge is -2.27. The van der Waals surface area contributed by atoms with Gasteiger partial charge in [-0.15, -0.1) is 0 Å². The van der Waals surface area contributed by atoms with E-state index in [0.717, 1.165) is 19.5 Å². The third kappa shape index (κ3) is 2.45. The summed E-state index contributed by atoms with van der Waals surface area (Å²) < 4.78 is 4.72. The van der Waals surface area contributed by atoms with Gasteiger partial charge < -0.3 is 10.5 Å². The van der Waals surface area contributed by atoms with Crippen LogP contribution in [0.5, 0.6) is 0 Å². The van der Waals surface area contributed by atoms with Gasteiger partial charge in [0.1, 0.15) is 0 Å². The Morgan fingerprint density at radius 1 is 1.57 bits per heavy atom. The van der Waals surface area contributed by atoms with Gasteiger partial charge in [0, 0.05) is 25.2 Å². The maximum absolute atomic E-state index is 11.3. The van der Waals surface area contributed by atoms with Crippen LogP contribution in [0, 0.1) is 5.92 Å². The Labute approximate surface area is 85.4 Å². The normalized spacial score (nSPS) is 27.3. The number of nitrogens with two attached hydrogens (primary N) is 1. The molecule has 4 heteroatoms. The predicted octanol–water partition coefficient (Wildman–Crippen LogP) is 0.217. The summed E-state index contributed by atoms with van der Waals surface area (Å²) in [5, 5.41) is 0. The molecule has 1 saturated heterocycles. The van der Waals surface area contributed by atoms with Gasteiger partial charge in [-0.25, -0.2) is 0 Å². The Balaban J connectivity index is 2.48. The monoisotopic (exact) mass is 200 g/mol. The molecule has 0 radical (unpaired) electrons. The fraction of sp³-hybridized carbons (Fsp3) is 0.900. The van der Waals surface area contributed by atoms with Crippen LogP contribution in [0.1, 0.15) is 20.3 Å². The maximum Gasteiger partial charge on any atom is 0.309 e. The average Bonchev–Trinajstić information content (AvgIpc) is 2.61. The van der Waals surface area contributed by atoms with Crippen LogP contribution in [0.15, 0.2) is 0 Å². The van der Waals surface area contributed by atoms with Crippen molar-refractivity contribution in [1.29, 1.82) is 0 Å². The van der Waals surface area contributed by atoms with Crippen molar-refractivity contribution in [1.82, 2.24) is 4.90 Å². The molecule has 0 aliphatic carbocycles. The zero-order valence-electron chi connectivity index (χ0n) is 9.19. The minimum Gasteiger partial charge on any atom is -0.469 e. The van der Waals surface area contributed by atoms with E-state index in [0.29, 0.717) is 0 Å². The molecule has 1 aliphatic heterocycles. The fourth-order valence-electron chi connectivity index (χ4n) is 1.88. The first-order chi connectivity index (χ1) is 6.56. The van der Waals surface area contributed by atoms with Crippen LogP contribution in [0.4, 0.5) is 0 Å². The quantitative estimate of drug-likeness (QED) is 0.662. The molecule has 2 unspecified atom stereocenters. The topological polar surface area (TPSA) is 55.6 Å². The highest BCUT2D eigenvalue weighted by atomic mass is 16.5. The predicted molar refractivity (Wildman–Crippen MR) is 54.8 cm³/mol. The van der Waals surface area contributed by atoms with E-state index in [1.54, 1.807) is 0 Å². The number of ether oxygens (including phenoxy) is 1. The van der Waals surface area contributed by atoms with Gasteiger partial charge in [-0.3, -0.25) is 9.69 Å². The van der Waals surface area contributed by atoms with Crippen LogP contribution < -0.4 is 5.73 Å². The number of carbonyl (C=O) groups excluding carboxylic acids is 1. The zero-order valence-corrected chi connectivity index (χ0v) is 9.19. The molecule has 1 fully saturated rings. The Kier molecular flexibility index (Phi) is 3.89. The molecule has 0 saturated carbocycles. The first kappa shape index (κ1) is 11.5. The van der Waals surface area contributed by atoms with E-state index < -0.39 is 0 Å². The van der Waals surface area contributed by atoms with Crippen molar-refractivity contribution in [2.75, 3.05) is 20.2 Å². The SMILES string of the molecule is COC(=O)C(C)C(C)N1CC[C@@H](N)C1. The molecule has 14 heavy (non-hydrogen) atoms. The van der Waals surface area contributed by atoms with Crippen molar-refractivity contribution in [3.05, 3.63) is 0 Å². The molecule has 0 amide bonds. The van der Waals surface area contributed by atoms with Crippen LogP contribution in [0.25, 0.3) is 0 Å². The molecule has 4 nitrogen and oxygen atoms in total. The Morgan fingerprint density at radius 2 is 2.21 bits per heavy atom. The van der Waals surface area contributed by atoms with Gasteiger partial charge in [0.2, 0.25) is 0 Å². The second-order valence-electron chi connectivity index (χ2n) is 4.10. The third-order valence-corrected chi connectivity index (χ3v) is 3.13. The number of carbonyl (C=O) groups is 1. The molecule has 0 spiro atoms. The highest BCUT2D eigenvalue weighted by Crippen LogP contribution is 2.17. The summed E-state index contributed by atoms with van der Waals surface area (Å²) in [5.41, 5.74) is 5.81. The second-order valence-corrected chi connectivity index (χ2v) is 4.10. The summed E-state index contributed by atoms with van der Waals surface area (Å²) in [5.74, 6) is -0.219.